The third-order valence-corrected chi connectivity index (χ3v) is 5.13. The van der Waals surface area contributed by atoms with E-state index in [9.17, 15) is 0 Å². The summed E-state index contributed by atoms with van der Waals surface area (Å²) in [6, 6.07) is 0. The highest BCUT2D eigenvalue weighted by Gasteiger charge is 2.07. The van der Waals surface area contributed by atoms with Crippen molar-refractivity contribution in [1.29, 1.82) is 0 Å². The van der Waals surface area contributed by atoms with Crippen molar-refractivity contribution >= 4 is 0 Å². The molecular weight excluding hydrogens is 292 g/mol. The second-order valence-electron chi connectivity index (χ2n) is 7.55. The van der Waals surface area contributed by atoms with Gasteiger partial charge in [0.1, 0.15) is 0 Å². The summed E-state index contributed by atoms with van der Waals surface area (Å²) in [5.74, 6) is 1.74. The molecule has 0 N–H and O–H groups in total. The zero-order valence-electron chi connectivity index (χ0n) is 17.2. The summed E-state index contributed by atoms with van der Waals surface area (Å²) in [5, 5.41) is 0. The highest BCUT2D eigenvalue weighted by molar-refractivity contribution is 4.82. The maximum atomic E-state index is 5.89. The van der Waals surface area contributed by atoms with E-state index in [0.717, 1.165) is 24.7 Å². The molecule has 0 aliphatic heterocycles. The molecule has 0 rings (SSSR count). The number of unbranched alkanes of at least 4 members (excludes halogenated alkanes) is 11. The average molecular weight is 339 g/mol. The van der Waals surface area contributed by atoms with Crippen molar-refractivity contribution in [3.8, 4) is 0 Å². The van der Waals surface area contributed by atoms with E-state index in [1.165, 1.54) is 96.3 Å². The largest absolute Gasteiger partial charge is 0.498 e. The summed E-state index contributed by atoms with van der Waals surface area (Å²) in [5.41, 5.74) is 0. The minimum Gasteiger partial charge on any atom is -0.498 e. The molecule has 0 fully saturated rings. The third-order valence-electron chi connectivity index (χ3n) is 5.13. The molecule has 0 bridgehead atoms. The van der Waals surface area contributed by atoms with Gasteiger partial charge in [0.15, 0.2) is 0 Å². The van der Waals surface area contributed by atoms with Gasteiger partial charge < -0.3 is 4.74 Å². The Bertz CT molecular complexity index is 259. The van der Waals surface area contributed by atoms with Crippen molar-refractivity contribution in [2.45, 2.75) is 124 Å². The van der Waals surface area contributed by atoms with E-state index in [2.05, 4.69) is 27.4 Å². The molecule has 0 amide bonds. The third kappa shape index (κ3) is 16.4. The van der Waals surface area contributed by atoms with Crippen LogP contribution in [-0.4, -0.2) is 6.61 Å². The van der Waals surface area contributed by atoms with E-state index in [-0.39, 0.29) is 0 Å². The van der Waals surface area contributed by atoms with Gasteiger partial charge >= 0.3 is 0 Å². The summed E-state index contributed by atoms with van der Waals surface area (Å²) in [6.07, 6.45) is 21.6. The molecule has 1 unspecified atom stereocenters. The second kappa shape index (κ2) is 18.9. The molecule has 0 spiro atoms. The lowest BCUT2D eigenvalue weighted by Crippen LogP contribution is -2.08. The number of ether oxygens (including phenoxy) is 1. The summed E-state index contributed by atoms with van der Waals surface area (Å²) < 4.78 is 5.89. The topological polar surface area (TPSA) is 9.23 Å². The first-order chi connectivity index (χ1) is 11.7. The Hall–Kier alpha value is -0.460. The molecule has 0 heterocycles. The summed E-state index contributed by atoms with van der Waals surface area (Å²) in [6.45, 7) is 11.8. The molecule has 24 heavy (non-hydrogen) atoms. The van der Waals surface area contributed by atoms with E-state index < -0.39 is 0 Å². The van der Waals surface area contributed by atoms with Crippen LogP contribution in [0.2, 0.25) is 0 Å². The summed E-state index contributed by atoms with van der Waals surface area (Å²) in [7, 11) is 0. The summed E-state index contributed by atoms with van der Waals surface area (Å²) in [4.78, 5) is 0. The Labute approximate surface area is 153 Å². The molecule has 0 aromatic rings. The van der Waals surface area contributed by atoms with Crippen molar-refractivity contribution in [1.82, 2.24) is 0 Å². The minimum absolute atomic E-state index is 0.721. The molecule has 1 heteroatoms. The highest BCUT2D eigenvalue weighted by Crippen LogP contribution is 2.17. The molecule has 1 atom stereocenters. The maximum absolute atomic E-state index is 5.89. The number of allylic oxidation sites excluding steroid dienone is 1. The first-order valence-electron chi connectivity index (χ1n) is 11.0. The van der Waals surface area contributed by atoms with Crippen LogP contribution >= 0.6 is 0 Å². The molecule has 1 nitrogen and oxygen atoms in total. The van der Waals surface area contributed by atoms with Crippen LogP contribution in [0.1, 0.15) is 124 Å². The lowest BCUT2D eigenvalue weighted by Gasteiger charge is -2.16. The number of hydrogen-bond acceptors (Lipinski definition) is 1. The standard InChI is InChI=1S/C23H46O/c1-5-8-10-11-12-13-14-15-16-17-18-19-22(4)24-21-23(7-3)20-9-6-2/h23H,4-21H2,1-3H3. The van der Waals surface area contributed by atoms with Crippen molar-refractivity contribution < 1.29 is 4.74 Å². The van der Waals surface area contributed by atoms with E-state index in [1.54, 1.807) is 0 Å². The molecule has 0 aromatic carbocycles. The van der Waals surface area contributed by atoms with Gasteiger partial charge in [-0.05, 0) is 18.8 Å². The van der Waals surface area contributed by atoms with Gasteiger partial charge in [-0.3, -0.25) is 0 Å². The van der Waals surface area contributed by atoms with Crippen LogP contribution in [0.4, 0.5) is 0 Å². The highest BCUT2D eigenvalue weighted by atomic mass is 16.5. The van der Waals surface area contributed by atoms with E-state index in [0.29, 0.717) is 0 Å². The first-order valence-corrected chi connectivity index (χ1v) is 11.0. The minimum atomic E-state index is 0.721. The van der Waals surface area contributed by atoms with Crippen molar-refractivity contribution in [3.63, 3.8) is 0 Å². The fourth-order valence-electron chi connectivity index (χ4n) is 3.19. The Morgan fingerprint density at radius 3 is 1.71 bits per heavy atom. The van der Waals surface area contributed by atoms with Gasteiger partial charge in [-0.25, -0.2) is 0 Å². The Balaban J connectivity index is 3.33. The van der Waals surface area contributed by atoms with Gasteiger partial charge in [0.2, 0.25) is 0 Å². The number of hydrogen-bond donors (Lipinski definition) is 0. The molecule has 0 saturated carbocycles. The molecule has 0 aliphatic carbocycles. The molecule has 0 aromatic heterocycles. The molecule has 0 aliphatic rings. The van der Waals surface area contributed by atoms with Crippen LogP contribution in [0.15, 0.2) is 12.3 Å². The van der Waals surface area contributed by atoms with E-state index >= 15 is 0 Å². The van der Waals surface area contributed by atoms with Crippen molar-refractivity contribution in [2.75, 3.05) is 6.61 Å². The second-order valence-corrected chi connectivity index (χ2v) is 7.55. The van der Waals surface area contributed by atoms with Gasteiger partial charge in [0.05, 0.1) is 12.4 Å². The van der Waals surface area contributed by atoms with Gasteiger partial charge in [-0.1, -0.05) is 111 Å². The Morgan fingerprint density at radius 1 is 0.708 bits per heavy atom. The maximum Gasteiger partial charge on any atom is 0.0905 e. The zero-order valence-corrected chi connectivity index (χ0v) is 17.2. The Kier molecular flexibility index (Phi) is 18.5. The van der Waals surface area contributed by atoms with Crippen LogP contribution < -0.4 is 0 Å². The fraction of sp³-hybridized carbons (Fsp3) is 0.913. The molecule has 0 radical (unpaired) electrons. The molecule has 0 saturated heterocycles. The van der Waals surface area contributed by atoms with Crippen LogP contribution in [0.5, 0.6) is 0 Å². The fourth-order valence-corrected chi connectivity index (χ4v) is 3.19. The summed E-state index contributed by atoms with van der Waals surface area (Å²) >= 11 is 0. The predicted molar refractivity (Wildman–Crippen MR) is 109 cm³/mol. The zero-order chi connectivity index (χ0) is 17.9. The van der Waals surface area contributed by atoms with Gasteiger partial charge in [-0.15, -0.1) is 0 Å². The average Bonchev–Trinajstić information content (AvgIpc) is 2.59. The monoisotopic (exact) mass is 338 g/mol. The normalized spacial score (nSPS) is 12.3. The lowest BCUT2D eigenvalue weighted by molar-refractivity contribution is 0.149. The predicted octanol–water partition coefficient (Wildman–Crippen LogP) is 8.43. The quantitative estimate of drug-likeness (QED) is 0.169. The van der Waals surface area contributed by atoms with Crippen molar-refractivity contribution in [2.24, 2.45) is 5.92 Å². The van der Waals surface area contributed by atoms with Crippen LogP contribution in [0.3, 0.4) is 0 Å². The van der Waals surface area contributed by atoms with E-state index in [1.807, 2.05) is 0 Å². The lowest BCUT2D eigenvalue weighted by atomic mass is 10.0. The van der Waals surface area contributed by atoms with Gasteiger partial charge in [0, 0.05) is 6.42 Å². The SMILES string of the molecule is C=C(CCCCCCCCCCCCC)OCC(CC)CCCC. The Morgan fingerprint density at radius 2 is 1.21 bits per heavy atom. The van der Waals surface area contributed by atoms with Gasteiger partial charge in [0.25, 0.3) is 0 Å². The van der Waals surface area contributed by atoms with Crippen LogP contribution in [0, 0.1) is 5.92 Å². The molecule has 144 valence electrons. The number of rotatable bonds is 19. The van der Waals surface area contributed by atoms with E-state index in [4.69, 9.17) is 4.74 Å². The van der Waals surface area contributed by atoms with Crippen molar-refractivity contribution in [3.05, 3.63) is 12.3 Å². The smallest absolute Gasteiger partial charge is 0.0905 e. The van der Waals surface area contributed by atoms with Crippen LogP contribution in [-0.2, 0) is 4.74 Å². The first kappa shape index (κ1) is 23.5. The van der Waals surface area contributed by atoms with Gasteiger partial charge in [-0.2, -0.15) is 0 Å². The molecular formula is C23H46O. The van der Waals surface area contributed by atoms with Crippen LogP contribution in [0.25, 0.3) is 0 Å².